The van der Waals surface area contributed by atoms with Gasteiger partial charge in [-0.25, -0.2) is 14.4 Å². The number of hydrogen-bond acceptors (Lipinski definition) is 3. The fourth-order valence-corrected chi connectivity index (χ4v) is 0.403. The van der Waals surface area contributed by atoms with Gasteiger partial charge in [0.1, 0.15) is 0 Å². The van der Waals surface area contributed by atoms with Crippen LogP contribution < -0.4 is 68.5 Å². The molecule has 0 bridgehead atoms. The number of hydrogen-bond donors (Lipinski definition) is 3. The Morgan fingerprint density at radius 1 is 0.800 bits per heavy atom. The average Bonchev–Trinajstić information content (AvgIpc) is 1.59. The Morgan fingerprint density at radius 3 is 1.20 bits per heavy atom. The second kappa shape index (κ2) is 4.04. The quantitative estimate of drug-likeness (QED) is 0.339. The third-order valence-electron chi connectivity index (χ3n) is 0.681. The molecule has 0 spiro atoms. The Bertz CT molecular complexity index is 286. The zero-order valence-electron chi connectivity index (χ0n) is 6.22. The molecule has 50 valence electrons. The van der Waals surface area contributed by atoms with Crippen LogP contribution in [0.1, 0.15) is 1.43 Å². The Labute approximate surface area is 98.0 Å². The fourth-order valence-electron chi connectivity index (χ4n) is 0.403. The molecule has 0 amide bonds. The van der Waals surface area contributed by atoms with E-state index in [0.29, 0.717) is 0 Å². The summed E-state index contributed by atoms with van der Waals surface area (Å²) in [6.07, 6.45) is 0. The number of aromatic nitrogens is 3. The molecule has 10 heavy (non-hydrogen) atoms. The predicted octanol–water partition coefficient (Wildman–Crippen LogP) is -5.13. The van der Waals surface area contributed by atoms with Crippen LogP contribution in [0.4, 0.5) is 0 Å². The molecule has 0 aromatic carbocycles. The zero-order chi connectivity index (χ0) is 6.85. The number of aromatic amines is 3. The van der Waals surface area contributed by atoms with Gasteiger partial charge in [0, 0.05) is 0 Å². The molecule has 0 saturated heterocycles. The monoisotopic (exact) mass is 169 g/mol. The van der Waals surface area contributed by atoms with Gasteiger partial charge in [-0.2, -0.15) is 0 Å². The second-order valence-corrected chi connectivity index (χ2v) is 1.36. The molecular weight excluding hydrogens is 165 g/mol. The fraction of sp³-hybridized carbons (Fsp3) is 0. The number of nitrogens with one attached hydrogen (secondary N) is 3. The van der Waals surface area contributed by atoms with Gasteiger partial charge in [0.2, 0.25) is 0 Å². The van der Waals surface area contributed by atoms with E-state index in [1.54, 1.807) is 15.0 Å². The minimum Gasteiger partial charge on any atom is -1.00 e. The van der Waals surface area contributed by atoms with E-state index in [1.165, 1.54) is 0 Å². The molecule has 0 atom stereocenters. The number of H-pyrrole nitrogens is 3. The first-order chi connectivity index (χ1) is 4.18. The van der Waals surface area contributed by atoms with Crippen molar-refractivity contribution in [2.24, 2.45) is 0 Å². The zero-order valence-corrected chi connectivity index (χ0v) is 8.35. The molecule has 0 aliphatic carbocycles. The minimum absolute atomic E-state index is 0. The first-order valence-corrected chi connectivity index (χ1v) is 2.11. The van der Waals surface area contributed by atoms with Crippen molar-refractivity contribution in [1.29, 1.82) is 0 Å². The van der Waals surface area contributed by atoms with Gasteiger partial charge >= 0.3 is 68.5 Å². The smallest absolute Gasteiger partial charge is 1.00 e. The van der Waals surface area contributed by atoms with Gasteiger partial charge < -0.3 is 1.43 Å². The van der Waals surface area contributed by atoms with E-state index in [2.05, 4.69) is 0 Å². The summed E-state index contributed by atoms with van der Waals surface area (Å²) in [6, 6.07) is 0. The van der Waals surface area contributed by atoms with Crippen molar-refractivity contribution in [3.8, 4) is 0 Å². The minimum atomic E-state index is -0.802. The van der Waals surface area contributed by atoms with Gasteiger partial charge in [0.25, 0.3) is 0 Å². The van der Waals surface area contributed by atoms with Crippen LogP contribution in [-0.4, -0.2) is 15.0 Å². The van der Waals surface area contributed by atoms with Crippen LogP contribution >= 0.6 is 0 Å². The molecule has 1 rings (SSSR count). The molecule has 0 radical (unpaired) electrons. The van der Waals surface area contributed by atoms with Crippen molar-refractivity contribution in [3.63, 3.8) is 0 Å². The van der Waals surface area contributed by atoms with Crippen LogP contribution in [0.5, 0.6) is 0 Å². The second-order valence-electron chi connectivity index (χ2n) is 1.36. The van der Waals surface area contributed by atoms with E-state index in [4.69, 9.17) is 0 Å². The van der Waals surface area contributed by atoms with Crippen molar-refractivity contribution in [1.82, 2.24) is 15.0 Å². The van der Waals surface area contributed by atoms with Crippen molar-refractivity contribution in [3.05, 3.63) is 31.5 Å². The van der Waals surface area contributed by atoms with Crippen molar-refractivity contribution in [2.45, 2.75) is 0 Å². The summed E-state index contributed by atoms with van der Waals surface area (Å²) < 4.78 is 0. The van der Waals surface area contributed by atoms with Gasteiger partial charge in [0.15, 0.2) is 0 Å². The van der Waals surface area contributed by atoms with Gasteiger partial charge in [-0.15, -0.1) is 0 Å². The van der Waals surface area contributed by atoms with Gasteiger partial charge in [-0.1, -0.05) is 0 Å². The van der Waals surface area contributed by atoms with Crippen LogP contribution in [-0.2, 0) is 0 Å². The first-order valence-electron chi connectivity index (χ1n) is 2.11. The molecule has 0 fully saturated rings. The van der Waals surface area contributed by atoms with Gasteiger partial charge in [-0.05, 0) is 0 Å². The average molecular weight is 169 g/mol. The summed E-state index contributed by atoms with van der Waals surface area (Å²) in [5, 5.41) is 0. The molecule has 0 unspecified atom stereocenters. The van der Waals surface area contributed by atoms with Gasteiger partial charge in [-0.3, -0.25) is 15.0 Å². The van der Waals surface area contributed by atoms with Gasteiger partial charge in [0.05, 0.1) is 0 Å². The van der Waals surface area contributed by atoms with Crippen LogP contribution in [0.25, 0.3) is 0 Å². The molecular formula is C3H4KN3O3. The molecule has 1 heterocycles. The molecule has 1 aromatic rings. The predicted molar refractivity (Wildman–Crippen MR) is 29.4 cm³/mol. The SMILES string of the molecule is O=c1[nH]c(=O)[nH]c(=O)[nH]1.[H-].[K+]. The van der Waals surface area contributed by atoms with Crippen LogP contribution in [0.3, 0.4) is 0 Å². The van der Waals surface area contributed by atoms with E-state index < -0.39 is 17.1 Å². The Kier molecular flexibility index (Phi) is 4.05. The summed E-state index contributed by atoms with van der Waals surface area (Å²) in [5.41, 5.74) is -2.41. The summed E-state index contributed by atoms with van der Waals surface area (Å²) in [4.78, 5) is 35.9. The summed E-state index contributed by atoms with van der Waals surface area (Å²) in [7, 11) is 0. The molecule has 6 nitrogen and oxygen atoms in total. The standard InChI is InChI=1S/C3H3N3O3.K.H/c7-1-4-2(8)6-3(9)5-1;;/h(H3,4,5,6,7,8,9);;/q;+1;-1. The molecule has 1 aromatic heterocycles. The first kappa shape index (κ1) is 10.0. The third kappa shape index (κ3) is 2.75. The van der Waals surface area contributed by atoms with E-state index in [9.17, 15) is 14.4 Å². The van der Waals surface area contributed by atoms with E-state index in [-0.39, 0.29) is 52.8 Å². The summed E-state index contributed by atoms with van der Waals surface area (Å²) >= 11 is 0. The van der Waals surface area contributed by atoms with Crippen LogP contribution in [0.2, 0.25) is 0 Å². The molecule has 7 heteroatoms. The van der Waals surface area contributed by atoms with E-state index in [1.807, 2.05) is 0 Å². The van der Waals surface area contributed by atoms with Crippen LogP contribution in [0.15, 0.2) is 14.4 Å². The van der Waals surface area contributed by atoms with Crippen molar-refractivity contribution in [2.75, 3.05) is 0 Å². The summed E-state index contributed by atoms with van der Waals surface area (Å²) in [5.74, 6) is 0. The van der Waals surface area contributed by atoms with Crippen molar-refractivity contribution < 1.29 is 52.8 Å². The maximum absolute atomic E-state index is 10.2. The molecule has 0 saturated carbocycles. The topological polar surface area (TPSA) is 98.6 Å². The van der Waals surface area contributed by atoms with E-state index >= 15 is 0 Å². The maximum atomic E-state index is 10.2. The largest absolute Gasteiger partial charge is 1.00 e. The summed E-state index contributed by atoms with van der Waals surface area (Å²) in [6.45, 7) is 0. The Hall–Kier alpha value is 0.0464. The Balaban J connectivity index is 0. The molecule has 0 aliphatic rings. The Morgan fingerprint density at radius 2 is 1.00 bits per heavy atom. The third-order valence-corrected chi connectivity index (χ3v) is 0.681. The van der Waals surface area contributed by atoms with Crippen LogP contribution in [0, 0.1) is 0 Å². The normalized spacial score (nSPS) is 8.40. The molecule has 3 N–H and O–H groups in total. The maximum Gasteiger partial charge on any atom is 1.00 e. The van der Waals surface area contributed by atoms with E-state index in [0.717, 1.165) is 0 Å². The van der Waals surface area contributed by atoms with Crippen molar-refractivity contribution >= 4 is 0 Å². The number of rotatable bonds is 0. The molecule has 0 aliphatic heterocycles.